The number of aliphatic carboxylic acids is 1. The lowest BCUT2D eigenvalue weighted by Crippen LogP contribution is -2.44. The molecule has 1 rings (SSSR count). The minimum Gasteiger partial charge on any atom is -0.480 e. The molecule has 19 heavy (non-hydrogen) atoms. The van der Waals surface area contributed by atoms with Crippen LogP contribution in [0.3, 0.4) is 0 Å². The average Bonchev–Trinajstić information content (AvgIpc) is 2.36. The predicted octanol–water partition coefficient (Wildman–Crippen LogP) is 0.745. The topological polar surface area (TPSA) is 92.7 Å². The summed E-state index contributed by atoms with van der Waals surface area (Å²) < 4.78 is 15.9. The van der Waals surface area contributed by atoms with Crippen LogP contribution in [0.2, 0.25) is 0 Å². The summed E-state index contributed by atoms with van der Waals surface area (Å²) in [5.41, 5.74) is 0.795. The van der Waals surface area contributed by atoms with E-state index in [1.165, 1.54) is 6.26 Å². The van der Waals surface area contributed by atoms with Crippen molar-refractivity contribution in [3.63, 3.8) is 0 Å². The molecule has 0 saturated carbocycles. The third kappa shape index (κ3) is 6.01. The fourth-order valence-electron chi connectivity index (χ4n) is 1.32. The highest BCUT2D eigenvalue weighted by Crippen LogP contribution is 2.01. The molecule has 0 heterocycles. The molecule has 0 aromatic heterocycles. The minimum atomic E-state index is -1.32. The Morgan fingerprint density at radius 1 is 1.37 bits per heavy atom. The molecule has 104 valence electrons. The summed E-state index contributed by atoms with van der Waals surface area (Å²) in [6.07, 6.45) is 0.522. The maximum absolute atomic E-state index is 11.4. The van der Waals surface area contributed by atoms with Gasteiger partial charge in [-0.3, -0.25) is 4.21 Å². The number of carboxylic acid groups (broad SMARTS) is 1. The molecule has 0 fully saturated rings. The van der Waals surface area contributed by atoms with Gasteiger partial charge in [-0.2, -0.15) is 0 Å². The number of nitrogens with one attached hydrogen (secondary N) is 1. The van der Waals surface area contributed by atoms with Crippen LogP contribution in [0.15, 0.2) is 30.3 Å². The van der Waals surface area contributed by atoms with Gasteiger partial charge in [0.05, 0.1) is 5.75 Å². The van der Waals surface area contributed by atoms with Crippen molar-refractivity contribution in [1.82, 2.24) is 5.32 Å². The van der Waals surface area contributed by atoms with Crippen molar-refractivity contribution in [2.75, 3.05) is 12.0 Å². The Morgan fingerprint density at radius 2 is 2.00 bits per heavy atom. The first-order chi connectivity index (χ1) is 8.99. The molecule has 0 radical (unpaired) electrons. The van der Waals surface area contributed by atoms with Crippen molar-refractivity contribution in [2.45, 2.75) is 12.6 Å². The number of alkyl carbamates (subject to hydrolysis) is 1. The third-order valence-electron chi connectivity index (χ3n) is 2.20. The molecule has 6 nitrogen and oxygen atoms in total. The summed E-state index contributed by atoms with van der Waals surface area (Å²) in [5, 5.41) is 11.0. The summed E-state index contributed by atoms with van der Waals surface area (Å²) in [5.74, 6) is -1.40. The number of hydrogen-bond donors (Lipinski definition) is 2. The van der Waals surface area contributed by atoms with Crippen molar-refractivity contribution >= 4 is 22.9 Å². The van der Waals surface area contributed by atoms with Crippen LogP contribution >= 0.6 is 0 Å². The SMILES string of the molecule is C[S@](=O)C[C@H](NC(=O)OCc1ccccc1)C(=O)O. The lowest BCUT2D eigenvalue weighted by atomic mass is 10.2. The van der Waals surface area contributed by atoms with E-state index in [1.807, 2.05) is 6.07 Å². The maximum atomic E-state index is 11.4. The monoisotopic (exact) mass is 285 g/mol. The normalized spacial score (nSPS) is 13.3. The molecular formula is C12H15NO5S. The van der Waals surface area contributed by atoms with Crippen molar-refractivity contribution in [2.24, 2.45) is 0 Å². The quantitative estimate of drug-likeness (QED) is 0.804. The van der Waals surface area contributed by atoms with Gasteiger partial charge in [0.15, 0.2) is 0 Å². The van der Waals surface area contributed by atoms with E-state index < -0.39 is 28.9 Å². The lowest BCUT2D eigenvalue weighted by molar-refractivity contribution is -0.138. The number of carbonyl (C=O) groups is 2. The average molecular weight is 285 g/mol. The molecule has 0 unspecified atom stereocenters. The first kappa shape index (κ1) is 15.2. The second-order valence-corrected chi connectivity index (χ2v) is 5.32. The summed E-state index contributed by atoms with van der Waals surface area (Å²) in [6.45, 7) is 0.0498. The van der Waals surface area contributed by atoms with Gasteiger partial charge in [-0.1, -0.05) is 30.3 Å². The molecule has 0 aliphatic rings. The van der Waals surface area contributed by atoms with E-state index in [0.29, 0.717) is 0 Å². The largest absolute Gasteiger partial charge is 0.480 e. The zero-order valence-corrected chi connectivity index (χ0v) is 11.2. The summed E-state index contributed by atoms with van der Waals surface area (Å²) in [7, 11) is -1.32. The molecule has 2 atom stereocenters. The van der Waals surface area contributed by atoms with Gasteiger partial charge in [-0.15, -0.1) is 0 Å². The van der Waals surface area contributed by atoms with Crippen LogP contribution in [0.4, 0.5) is 4.79 Å². The summed E-state index contributed by atoms with van der Waals surface area (Å²) >= 11 is 0. The van der Waals surface area contributed by atoms with Crippen LogP contribution in [-0.2, 0) is 26.9 Å². The van der Waals surface area contributed by atoms with Gasteiger partial charge in [0.25, 0.3) is 0 Å². The number of benzene rings is 1. The molecule has 7 heteroatoms. The first-order valence-electron chi connectivity index (χ1n) is 5.49. The Morgan fingerprint density at radius 3 is 2.53 bits per heavy atom. The Hall–Kier alpha value is -1.89. The predicted molar refractivity (Wildman–Crippen MR) is 70.1 cm³/mol. The number of amides is 1. The number of rotatable bonds is 6. The first-order valence-corrected chi connectivity index (χ1v) is 7.22. The van der Waals surface area contributed by atoms with E-state index in [9.17, 15) is 13.8 Å². The van der Waals surface area contributed by atoms with Gasteiger partial charge in [0, 0.05) is 17.1 Å². The number of carbonyl (C=O) groups excluding carboxylic acids is 1. The molecule has 1 aromatic carbocycles. The second kappa shape index (κ2) is 7.52. The molecule has 0 saturated heterocycles. The van der Waals surface area contributed by atoms with Gasteiger partial charge in [-0.25, -0.2) is 9.59 Å². The molecule has 0 spiro atoms. The molecule has 1 amide bonds. The van der Waals surface area contributed by atoms with Crippen molar-refractivity contribution in [3.8, 4) is 0 Å². The van der Waals surface area contributed by atoms with Crippen LogP contribution in [0.1, 0.15) is 5.56 Å². The van der Waals surface area contributed by atoms with Crippen molar-refractivity contribution in [3.05, 3.63) is 35.9 Å². The zero-order chi connectivity index (χ0) is 14.3. The lowest BCUT2D eigenvalue weighted by Gasteiger charge is -2.13. The highest BCUT2D eigenvalue weighted by Gasteiger charge is 2.21. The maximum Gasteiger partial charge on any atom is 0.408 e. The standard InChI is InChI=1S/C12H15NO5S/c1-19(17)8-10(11(14)15)13-12(16)18-7-9-5-3-2-4-6-9/h2-6,10H,7-8H2,1H3,(H,13,16)(H,14,15)/t10-,19-/m0/s1. The molecule has 0 bridgehead atoms. The van der Waals surface area contributed by atoms with Gasteiger partial charge in [0.1, 0.15) is 12.6 Å². The zero-order valence-electron chi connectivity index (χ0n) is 10.4. The van der Waals surface area contributed by atoms with E-state index >= 15 is 0 Å². The summed E-state index contributed by atoms with van der Waals surface area (Å²) in [4.78, 5) is 22.3. The Kier molecular flexibility index (Phi) is 6.01. The summed E-state index contributed by atoms with van der Waals surface area (Å²) in [6, 6.07) is 7.79. The van der Waals surface area contributed by atoms with E-state index in [-0.39, 0.29) is 12.4 Å². The fraction of sp³-hybridized carbons (Fsp3) is 0.333. The molecule has 0 aliphatic heterocycles. The Balaban J connectivity index is 2.45. The Labute approximate surface area is 113 Å². The van der Waals surface area contributed by atoms with E-state index in [1.54, 1.807) is 24.3 Å². The molecule has 2 N–H and O–H groups in total. The second-order valence-electron chi connectivity index (χ2n) is 3.84. The van der Waals surface area contributed by atoms with E-state index in [0.717, 1.165) is 5.56 Å². The van der Waals surface area contributed by atoms with Crippen LogP contribution < -0.4 is 5.32 Å². The van der Waals surface area contributed by atoms with Crippen LogP contribution in [0.25, 0.3) is 0 Å². The van der Waals surface area contributed by atoms with Gasteiger partial charge < -0.3 is 15.2 Å². The van der Waals surface area contributed by atoms with Crippen LogP contribution in [0, 0.1) is 0 Å². The van der Waals surface area contributed by atoms with Gasteiger partial charge in [-0.05, 0) is 5.56 Å². The number of carboxylic acids is 1. The highest BCUT2D eigenvalue weighted by molar-refractivity contribution is 7.84. The Bertz CT molecular complexity index is 462. The van der Waals surface area contributed by atoms with Crippen LogP contribution in [0.5, 0.6) is 0 Å². The van der Waals surface area contributed by atoms with E-state index in [2.05, 4.69) is 5.32 Å². The van der Waals surface area contributed by atoms with Gasteiger partial charge >= 0.3 is 12.1 Å². The smallest absolute Gasteiger partial charge is 0.408 e. The number of ether oxygens (including phenoxy) is 1. The van der Waals surface area contributed by atoms with Crippen molar-refractivity contribution in [1.29, 1.82) is 0 Å². The van der Waals surface area contributed by atoms with E-state index in [4.69, 9.17) is 9.84 Å². The minimum absolute atomic E-state index is 0.0498. The molecule has 0 aliphatic carbocycles. The van der Waals surface area contributed by atoms with Crippen molar-refractivity contribution < 1.29 is 23.6 Å². The fourth-order valence-corrected chi connectivity index (χ4v) is 2.01. The van der Waals surface area contributed by atoms with Crippen LogP contribution in [-0.4, -0.2) is 39.4 Å². The number of hydrogen-bond acceptors (Lipinski definition) is 4. The molecular weight excluding hydrogens is 270 g/mol. The third-order valence-corrected chi connectivity index (χ3v) is 3.01. The highest BCUT2D eigenvalue weighted by atomic mass is 32.2. The van der Waals surface area contributed by atoms with Gasteiger partial charge in [0.2, 0.25) is 0 Å². The molecule has 1 aromatic rings.